The number of sulfonamides is 1. The first-order chi connectivity index (χ1) is 9.42. The standard InChI is InChI=1S/C13H15BrN2O3S/c1-9-7-10(14)3-5-12(9)16-20(17,18)13-6-4-11(19-13)8-15-2/h3-7,15-16H,8H2,1-2H3. The largest absolute Gasteiger partial charge is 0.446 e. The molecule has 0 saturated carbocycles. The Morgan fingerprint density at radius 2 is 2.00 bits per heavy atom. The average molecular weight is 359 g/mol. The van der Waals surface area contributed by atoms with Gasteiger partial charge in [-0.15, -0.1) is 0 Å². The number of hydrogen-bond donors (Lipinski definition) is 2. The van der Waals surface area contributed by atoms with E-state index in [0.717, 1.165) is 10.0 Å². The van der Waals surface area contributed by atoms with Crippen molar-refractivity contribution >= 4 is 31.6 Å². The Morgan fingerprint density at radius 1 is 1.25 bits per heavy atom. The van der Waals surface area contributed by atoms with Gasteiger partial charge < -0.3 is 9.73 Å². The van der Waals surface area contributed by atoms with Crippen LogP contribution in [0.4, 0.5) is 5.69 Å². The number of anilines is 1. The SMILES string of the molecule is CNCc1ccc(S(=O)(=O)Nc2ccc(Br)cc2C)o1. The van der Waals surface area contributed by atoms with Crippen molar-refractivity contribution in [1.82, 2.24) is 5.32 Å². The molecule has 0 radical (unpaired) electrons. The smallest absolute Gasteiger partial charge is 0.295 e. The summed E-state index contributed by atoms with van der Waals surface area (Å²) < 4.78 is 33.2. The second kappa shape index (κ2) is 5.99. The van der Waals surface area contributed by atoms with Gasteiger partial charge in [0.05, 0.1) is 12.2 Å². The summed E-state index contributed by atoms with van der Waals surface area (Å²) in [5.74, 6) is 0.570. The van der Waals surface area contributed by atoms with Crippen LogP contribution in [-0.2, 0) is 16.6 Å². The molecule has 1 heterocycles. The van der Waals surface area contributed by atoms with Crippen molar-refractivity contribution in [2.75, 3.05) is 11.8 Å². The van der Waals surface area contributed by atoms with Gasteiger partial charge in [0.15, 0.2) is 0 Å². The van der Waals surface area contributed by atoms with Crippen molar-refractivity contribution in [2.24, 2.45) is 0 Å². The van der Waals surface area contributed by atoms with Gasteiger partial charge in [0.25, 0.3) is 10.0 Å². The van der Waals surface area contributed by atoms with Crippen LogP contribution in [0.3, 0.4) is 0 Å². The first-order valence-electron chi connectivity index (χ1n) is 5.94. The van der Waals surface area contributed by atoms with Gasteiger partial charge >= 0.3 is 0 Å². The Labute approximate surface area is 126 Å². The van der Waals surface area contributed by atoms with Gasteiger partial charge in [0, 0.05) is 4.47 Å². The van der Waals surface area contributed by atoms with Crippen molar-refractivity contribution in [3.63, 3.8) is 0 Å². The summed E-state index contributed by atoms with van der Waals surface area (Å²) in [4.78, 5) is 0. The zero-order valence-corrected chi connectivity index (χ0v) is 13.5. The molecule has 20 heavy (non-hydrogen) atoms. The number of aryl methyl sites for hydroxylation is 1. The monoisotopic (exact) mass is 358 g/mol. The van der Waals surface area contributed by atoms with E-state index in [1.165, 1.54) is 6.07 Å². The summed E-state index contributed by atoms with van der Waals surface area (Å²) in [7, 11) is -1.94. The van der Waals surface area contributed by atoms with Crippen molar-refractivity contribution in [1.29, 1.82) is 0 Å². The lowest BCUT2D eigenvalue weighted by Crippen LogP contribution is -2.13. The molecule has 0 aliphatic heterocycles. The van der Waals surface area contributed by atoms with Crippen molar-refractivity contribution < 1.29 is 12.8 Å². The Kier molecular flexibility index (Phi) is 4.52. The van der Waals surface area contributed by atoms with E-state index in [9.17, 15) is 8.42 Å². The number of nitrogens with one attached hydrogen (secondary N) is 2. The number of halogens is 1. The van der Waals surface area contributed by atoms with E-state index in [4.69, 9.17) is 4.42 Å². The molecule has 0 atom stereocenters. The Hall–Kier alpha value is -1.31. The van der Waals surface area contributed by atoms with E-state index < -0.39 is 10.0 Å². The lowest BCUT2D eigenvalue weighted by atomic mass is 10.2. The van der Waals surface area contributed by atoms with Gasteiger partial charge in [-0.2, -0.15) is 8.42 Å². The van der Waals surface area contributed by atoms with E-state index in [-0.39, 0.29) is 5.09 Å². The van der Waals surface area contributed by atoms with Crippen molar-refractivity contribution in [3.8, 4) is 0 Å². The van der Waals surface area contributed by atoms with Gasteiger partial charge in [0.1, 0.15) is 5.76 Å². The summed E-state index contributed by atoms with van der Waals surface area (Å²) in [6, 6.07) is 8.41. The molecule has 7 heteroatoms. The molecule has 0 aliphatic carbocycles. The van der Waals surface area contributed by atoms with Crippen LogP contribution < -0.4 is 10.0 Å². The second-order valence-corrected chi connectivity index (χ2v) is 6.84. The summed E-state index contributed by atoms with van der Waals surface area (Å²) in [5.41, 5.74) is 1.35. The molecular weight excluding hydrogens is 344 g/mol. The molecule has 0 spiro atoms. The van der Waals surface area contributed by atoms with E-state index in [1.807, 2.05) is 13.0 Å². The number of furan rings is 1. The van der Waals surface area contributed by atoms with Gasteiger partial charge in [-0.05, 0) is 49.9 Å². The molecule has 1 aromatic heterocycles. The Bertz CT molecular complexity index is 710. The van der Waals surface area contributed by atoms with E-state index >= 15 is 0 Å². The molecule has 2 N–H and O–H groups in total. The third-order valence-corrected chi connectivity index (χ3v) is 4.42. The third kappa shape index (κ3) is 3.41. The third-order valence-electron chi connectivity index (χ3n) is 2.69. The summed E-state index contributed by atoms with van der Waals surface area (Å²) >= 11 is 3.34. The molecule has 108 valence electrons. The molecule has 1 aromatic carbocycles. The fraction of sp³-hybridized carbons (Fsp3) is 0.231. The maximum absolute atomic E-state index is 12.2. The Balaban J connectivity index is 2.26. The zero-order chi connectivity index (χ0) is 14.8. The lowest BCUT2D eigenvalue weighted by Gasteiger charge is -2.09. The maximum atomic E-state index is 12.2. The highest BCUT2D eigenvalue weighted by molar-refractivity contribution is 9.10. The predicted molar refractivity (Wildman–Crippen MR) is 81.2 cm³/mol. The molecule has 0 bridgehead atoms. The van der Waals surface area contributed by atoms with Crippen LogP contribution in [0.15, 0.2) is 44.3 Å². The molecular formula is C13H15BrN2O3S. The van der Waals surface area contributed by atoms with Crippen LogP contribution in [0.2, 0.25) is 0 Å². The number of hydrogen-bond acceptors (Lipinski definition) is 4. The van der Waals surface area contributed by atoms with Crippen LogP contribution in [-0.4, -0.2) is 15.5 Å². The van der Waals surface area contributed by atoms with Gasteiger partial charge in [-0.3, -0.25) is 4.72 Å². The number of benzene rings is 1. The molecule has 0 amide bonds. The normalized spacial score (nSPS) is 11.6. The first kappa shape index (κ1) is 15.1. The molecule has 2 aromatic rings. The number of rotatable bonds is 5. The quantitative estimate of drug-likeness (QED) is 0.861. The summed E-state index contributed by atoms with van der Waals surface area (Å²) in [5, 5.41) is 2.81. The average Bonchev–Trinajstić information content (AvgIpc) is 2.83. The minimum Gasteiger partial charge on any atom is -0.446 e. The minimum atomic E-state index is -3.71. The van der Waals surface area contributed by atoms with Crippen LogP contribution in [0.25, 0.3) is 0 Å². The minimum absolute atomic E-state index is 0.0925. The Morgan fingerprint density at radius 3 is 2.65 bits per heavy atom. The fourth-order valence-corrected chi connectivity index (χ4v) is 3.27. The molecule has 0 aliphatic rings. The highest BCUT2D eigenvalue weighted by Gasteiger charge is 2.19. The van der Waals surface area contributed by atoms with Crippen LogP contribution in [0.1, 0.15) is 11.3 Å². The van der Waals surface area contributed by atoms with Crippen LogP contribution in [0, 0.1) is 6.92 Å². The predicted octanol–water partition coefficient (Wildman–Crippen LogP) is 2.87. The first-order valence-corrected chi connectivity index (χ1v) is 8.22. The summed E-state index contributed by atoms with van der Waals surface area (Å²) in [6.45, 7) is 2.31. The van der Waals surface area contributed by atoms with Gasteiger partial charge in [-0.1, -0.05) is 15.9 Å². The summed E-state index contributed by atoms with van der Waals surface area (Å²) in [6.07, 6.45) is 0. The second-order valence-electron chi connectivity index (χ2n) is 4.32. The van der Waals surface area contributed by atoms with Crippen LogP contribution >= 0.6 is 15.9 Å². The zero-order valence-electron chi connectivity index (χ0n) is 11.1. The maximum Gasteiger partial charge on any atom is 0.295 e. The van der Waals surface area contributed by atoms with E-state index in [0.29, 0.717) is 18.0 Å². The van der Waals surface area contributed by atoms with E-state index in [2.05, 4.69) is 26.0 Å². The van der Waals surface area contributed by atoms with E-state index in [1.54, 1.807) is 25.2 Å². The van der Waals surface area contributed by atoms with Crippen molar-refractivity contribution in [3.05, 3.63) is 46.1 Å². The van der Waals surface area contributed by atoms with Crippen LogP contribution in [0.5, 0.6) is 0 Å². The van der Waals surface area contributed by atoms with Crippen molar-refractivity contribution in [2.45, 2.75) is 18.6 Å². The fourth-order valence-electron chi connectivity index (χ4n) is 1.71. The molecule has 0 fully saturated rings. The topological polar surface area (TPSA) is 71.3 Å². The highest BCUT2D eigenvalue weighted by Crippen LogP contribution is 2.23. The molecule has 0 unspecified atom stereocenters. The molecule has 2 rings (SSSR count). The lowest BCUT2D eigenvalue weighted by molar-refractivity contribution is 0.408. The molecule has 0 saturated heterocycles. The van der Waals surface area contributed by atoms with Gasteiger partial charge in [-0.25, -0.2) is 0 Å². The van der Waals surface area contributed by atoms with Gasteiger partial charge in [0.2, 0.25) is 5.09 Å². The highest BCUT2D eigenvalue weighted by atomic mass is 79.9. The molecule has 5 nitrogen and oxygen atoms in total.